The molecule has 0 saturated heterocycles. The molecule has 2 N–H and O–H groups in total. The van der Waals surface area contributed by atoms with Crippen molar-refractivity contribution < 1.29 is 4.39 Å². The summed E-state index contributed by atoms with van der Waals surface area (Å²) in [6.07, 6.45) is 1.23. The van der Waals surface area contributed by atoms with E-state index in [1.54, 1.807) is 0 Å². The Kier molecular flexibility index (Phi) is 3.18. The number of pyridine rings is 1. The van der Waals surface area contributed by atoms with Gasteiger partial charge in [0.25, 0.3) is 0 Å². The van der Waals surface area contributed by atoms with E-state index in [0.29, 0.717) is 5.02 Å². The third kappa shape index (κ3) is 2.38. The second kappa shape index (κ2) is 4.17. The molecule has 0 radical (unpaired) electrons. The van der Waals surface area contributed by atoms with Crippen LogP contribution in [0.5, 0.6) is 0 Å². The molecule has 0 aromatic carbocycles. The summed E-state index contributed by atoms with van der Waals surface area (Å²) < 4.78 is 13.0. The van der Waals surface area contributed by atoms with Crippen LogP contribution in [0.1, 0.15) is 18.0 Å². The van der Waals surface area contributed by atoms with E-state index in [1.807, 2.05) is 6.07 Å². The summed E-state index contributed by atoms with van der Waals surface area (Å²) >= 11 is 5.59. The first-order chi connectivity index (χ1) is 6.15. The lowest BCUT2D eigenvalue weighted by Crippen LogP contribution is -2.12. The second-order valence-corrected chi connectivity index (χ2v) is 2.94. The third-order valence-electron chi connectivity index (χ3n) is 1.54. The largest absolute Gasteiger partial charge is 0.323 e. The first-order valence-electron chi connectivity index (χ1n) is 3.58. The summed E-state index contributed by atoms with van der Waals surface area (Å²) in [6, 6.07) is 2.56. The van der Waals surface area contributed by atoms with Gasteiger partial charge in [0, 0.05) is 17.8 Å². The molecule has 0 bridgehead atoms. The van der Waals surface area contributed by atoms with Crippen molar-refractivity contribution in [2.75, 3.05) is 0 Å². The Morgan fingerprint density at radius 3 is 3.08 bits per heavy atom. The van der Waals surface area contributed by atoms with E-state index in [9.17, 15) is 4.39 Å². The van der Waals surface area contributed by atoms with Crippen LogP contribution in [0.15, 0.2) is 12.3 Å². The van der Waals surface area contributed by atoms with Crippen LogP contribution in [0.4, 0.5) is 4.39 Å². The average Bonchev–Trinajstić information content (AvgIpc) is 2.09. The van der Waals surface area contributed by atoms with Gasteiger partial charge in [0.15, 0.2) is 0 Å². The van der Waals surface area contributed by atoms with E-state index < -0.39 is 12.0 Å². The Morgan fingerprint density at radius 1 is 1.77 bits per heavy atom. The molecule has 0 amide bonds. The van der Waals surface area contributed by atoms with Crippen LogP contribution in [0.3, 0.4) is 0 Å². The van der Waals surface area contributed by atoms with Gasteiger partial charge in [-0.2, -0.15) is 9.65 Å². The van der Waals surface area contributed by atoms with Crippen molar-refractivity contribution >= 4 is 11.6 Å². The molecule has 0 fully saturated rings. The van der Waals surface area contributed by atoms with Crippen molar-refractivity contribution in [3.05, 3.63) is 28.8 Å². The van der Waals surface area contributed by atoms with Crippen molar-refractivity contribution in [3.63, 3.8) is 0 Å². The van der Waals surface area contributed by atoms with Gasteiger partial charge in [-0.15, -0.1) is 0 Å². The molecule has 1 aromatic heterocycles. The third-order valence-corrected chi connectivity index (χ3v) is 1.75. The molecular weight excluding hydrogens is 193 g/mol. The van der Waals surface area contributed by atoms with E-state index in [4.69, 9.17) is 22.6 Å². The summed E-state index contributed by atoms with van der Waals surface area (Å²) in [6.45, 7) is 0. The lowest BCUT2D eigenvalue weighted by atomic mass is 10.1. The summed E-state index contributed by atoms with van der Waals surface area (Å²) in [4.78, 5) is 3.39. The fraction of sp³-hybridized carbons (Fsp3) is 0.250. The van der Waals surface area contributed by atoms with Crippen LogP contribution in [-0.4, -0.2) is 4.98 Å². The maximum absolute atomic E-state index is 13.0. The van der Waals surface area contributed by atoms with Crippen LogP contribution in [0.25, 0.3) is 0 Å². The zero-order valence-electron chi connectivity index (χ0n) is 6.67. The smallest absolute Gasteiger partial charge is 0.217 e. The fourth-order valence-electron chi connectivity index (χ4n) is 0.907. The zero-order valence-corrected chi connectivity index (χ0v) is 7.42. The fourth-order valence-corrected chi connectivity index (χ4v) is 1.07. The van der Waals surface area contributed by atoms with Crippen LogP contribution >= 0.6 is 11.6 Å². The topological polar surface area (TPSA) is 62.7 Å². The number of nitrogens with zero attached hydrogens (tertiary/aromatic N) is 2. The minimum Gasteiger partial charge on any atom is -0.323 e. The molecule has 1 aromatic rings. The van der Waals surface area contributed by atoms with Gasteiger partial charge >= 0.3 is 0 Å². The predicted molar refractivity (Wildman–Crippen MR) is 46.4 cm³/mol. The molecule has 0 aliphatic heterocycles. The number of hydrogen-bond donors (Lipinski definition) is 1. The maximum Gasteiger partial charge on any atom is 0.217 e. The van der Waals surface area contributed by atoms with Gasteiger partial charge in [-0.25, -0.2) is 4.98 Å². The Balaban J connectivity index is 3.00. The highest BCUT2D eigenvalue weighted by molar-refractivity contribution is 6.30. The van der Waals surface area contributed by atoms with Gasteiger partial charge in [-0.1, -0.05) is 11.6 Å². The van der Waals surface area contributed by atoms with Crippen molar-refractivity contribution in [2.45, 2.75) is 12.5 Å². The standard InChI is InChI=1S/C8H7ClFN3/c9-5-3-6(7(12)1-2-11)8(10)13-4-5/h3-4,7H,1,12H2/t7-/m0/s1. The quantitative estimate of drug-likeness (QED) is 0.739. The summed E-state index contributed by atoms with van der Waals surface area (Å²) in [5.74, 6) is -0.674. The van der Waals surface area contributed by atoms with Gasteiger partial charge in [-0.05, 0) is 6.07 Å². The Hall–Kier alpha value is -1.18. The number of aromatic nitrogens is 1. The van der Waals surface area contributed by atoms with E-state index in [-0.39, 0.29) is 12.0 Å². The lowest BCUT2D eigenvalue weighted by Gasteiger charge is -2.07. The average molecular weight is 200 g/mol. The van der Waals surface area contributed by atoms with Crippen molar-refractivity contribution in [1.29, 1.82) is 5.26 Å². The molecule has 1 rings (SSSR count). The number of nitriles is 1. The van der Waals surface area contributed by atoms with E-state index in [1.165, 1.54) is 12.3 Å². The van der Waals surface area contributed by atoms with Gasteiger partial charge in [0.1, 0.15) is 0 Å². The molecule has 0 spiro atoms. The van der Waals surface area contributed by atoms with Crippen molar-refractivity contribution in [1.82, 2.24) is 4.98 Å². The van der Waals surface area contributed by atoms with Gasteiger partial charge in [0.05, 0.1) is 17.5 Å². The van der Waals surface area contributed by atoms with E-state index in [2.05, 4.69) is 4.98 Å². The van der Waals surface area contributed by atoms with Crippen LogP contribution in [-0.2, 0) is 0 Å². The molecule has 5 heteroatoms. The highest BCUT2D eigenvalue weighted by Gasteiger charge is 2.12. The molecule has 0 unspecified atom stereocenters. The van der Waals surface area contributed by atoms with E-state index in [0.717, 1.165) is 0 Å². The first kappa shape index (κ1) is 9.90. The summed E-state index contributed by atoms with van der Waals surface area (Å²) in [7, 11) is 0. The number of hydrogen-bond acceptors (Lipinski definition) is 3. The number of rotatable bonds is 2. The van der Waals surface area contributed by atoms with Gasteiger partial charge in [0.2, 0.25) is 5.95 Å². The number of nitrogens with two attached hydrogens (primary N) is 1. The molecule has 13 heavy (non-hydrogen) atoms. The van der Waals surface area contributed by atoms with Crippen LogP contribution in [0, 0.1) is 17.3 Å². The van der Waals surface area contributed by atoms with E-state index >= 15 is 0 Å². The highest BCUT2D eigenvalue weighted by atomic mass is 35.5. The Morgan fingerprint density at radius 2 is 2.46 bits per heavy atom. The molecule has 3 nitrogen and oxygen atoms in total. The first-order valence-corrected chi connectivity index (χ1v) is 3.96. The predicted octanol–water partition coefficient (Wildman–Crippen LogP) is 1.79. The molecule has 0 aliphatic rings. The maximum atomic E-state index is 13.0. The summed E-state index contributed by atoms with van der Waals surface area (Å²) in [5, 5.41) is 8.66. The SMILES string of the molecule is N#CC[C@H](N)c1cc(Cl)cnc1F. The van der Waals surface area contributed by atoms with Crippen molar-refractivity contribution in [2.24, 2.45) is 5.73 Å². The molecule has 0 aliphatic carbocycles. The lowest BCUT2D eigenvalue weighted by molar-refractivity contribution is 0.546. The zero-order chi connectivity index (χ0) is 9.84. The van der Waals surface area contributed by atoms with Crippen molar-refractivity contribution in [3.8, 4) is 6.07 Å². The van der Waals surface area contributed by atoms with Crippen LogP contribution in [0.2, 0.25) is 5.02 Å². The molecule has 1 atom stereocenters. The molecule has 1 heterocycles. The van der Waals surface area contributed by atoms with Gasteiger partial charge in [-0.3, -0.25) is 0 Å². The Labute approximate surface area is 79.9 Å². The normalized spacial score (nSPS) is 12.2. The second-order valence-electron chi connectivity index (χ2n) is 2.50. The Bertz CT molecular complexity index is 348. The summed E-state index contributed by atoms with van der Waals surface area (Å²) in [5.41, 5.74) is 5.69. The molecule has 0 saturated carbocycles. The minimum atomic E-state index is -0.674. The van der Waals surface area contributed by atoms with Gasteiger partial charge < -0.3 is 5.73 Å². The number of halogens is 2. The minimum absolute atomic E-state index is 0.0406. The molecular formula is C8H7ClFN3. The molecule has 68 valence electrons. The highest BCUT2D eigenvalue weighted by Crippen LogP contribution is 2.19. The van der Waals surface area contributed by atoms with Crippen LogP contribution < -0.4 is 5.73 Å². The monoisotopic (exact) mass is 199 g/mol.